The van der Waals surface area contributed by atoms with Crippen molar-refractivity contribution in [1.82, 2.24) is 4.90 Å². The van der Waals surface area contributed by atoms with Crippen LogP contribution in [-0.2, 0) is 4.74 Å². The lowest BCUT2D eigenvalue weighted by atomic mass is 10.0. The second-order valence-corrected chi connectivity index (χ2v) is 6.03. The second-order valence-electron chi connectivity index (χ2n) is 5.18. The highest BCUT2D eigenvalue weighted by Crippen LogP contribution is 2.30. The van der Waals surface area contributed by atoms with Crippen molar-refractivity contribution in [2.45, 2.75) is 25.5 Å². The van der Waals surface area contributed by atoms with Gasteiger partial charge < -0.3 is 15.2 Å². The minimum atomic E-state index is 0.223. The highest BCUT2D eigenvalue weighted by Gasteiger charge is 2.23. The van der Waals surface area contributed by atoms with Gasteiger partial charge in [0.15, 0.2) is 0 Å². The van der Waals surface area contributed by atoms with Crippen LogP contribution in [0.5, 0.6) is 5.75 Å². The smallest absolute Gasteiger partial charge is 0.133 e. The van der Waals surface area contributed by atoms with Crippen LogP contribution in [0.4, 0.5) is 0 Å². The van der Waals surface area contributed by atoms with E-state index in [1.807, 2.05) is 6.07 Å². The molecule has 112 valence electrons. The number of halogens is 1. The number of nitrogens with zero attached hydrogens (tertiary/aromatic N) is 1. The maximum absolute atomic E-state index is 6.02. The fourth-order valence-corrected chi connectivity index (χ4v) is 3.25. The monoisotopic (exact) mass is 342 g/mol. The summed E-state index contributed by atoms with van der Waals surface area (Å²) in [5.74, 6) is 0.845. The van der Waals surface area contributed by atoms with Crippen LogP contribution in [0, 0.1) is 0 Å². The van der Waals surface area contributed by atoms with Gasteiger partial charge in [-0.05, 0) is 47.0 Å². The molecule has 1 aromatic carbocycles. The van der Waals surface area contributed by atoms with Gasteiger partial charge in [0, 0.05) is 32.3 Å². The third kappa shape index (κ3) is 3.73. The predicted octanol–water partition coefficient (Wildman–Crippen LogP) is 2.57. The summed E-state index contributed by atoms with van der Waals surface area (Å²) in [6.07, 6.45) is 1.31. The van der Waals surface area contributed by atoms with Crippen molar-refractivity contribution in [2.75, 3.05) is 33.4 Å². The van der Waals surface area contributed by atoms with Crippen LogP contribution in [0.3, 0.4) is 0 Å². The normalized spacial score (nSPS) is 22.3. The minimum absolute atomic E-state index is 0.223. The Morgan fingerprint density at radius 3 is 3.00 bits per heavy atom. The average molecular weight is 343 g/mol. The number of methoxy groups -OCH3 is 1. The van der Waals surface area contributed by atoms with E-state index in [4.69, 9.17) is 15.2 Å². The fraction of sp³-hybridized carbons (Fsp3) is 0.600. The largest absolute Gasteiger partial charge is 0.496 e. The Bertz CT molecular complexity index is 442. The minimum Gasteiger partial charge on any atom is -0.496 e. The molecule has 2 rings (SSSR count). The molecule has 0 amide bonds. The molecule has 1 fully saturated rings. The Labute approximate surface area is 129 Å². The lowest BCUT2D eigenvalue weighted by Crippen LogP contribution is -2.37. The second kappa shape index (κ2) is 7.41. The summed E-state index contributed by atoms with van der Waals surface area (Å²) in [5.41, 5.74) is 7.24. The van der Waals surface area contributed by atoms with Crippen molar-refractivity contribution in [3.8, 4) is 5.75 Å². The van der Waals surface area contributed by atoms with E-state index in [9.17, 15) is 0 Å². The Morgan fingerprint density at radius 2 is 2.35 bits per heavy atom. The van der Waals surface area contributed by atoms with E-state index in [0.29, 0.717) is 6.54 Å². The molecule has 0 bridgehead atoms. The molecule has 5 heteroatoms. The molecule has 1 saturated heterocycles. The molecule has 1 aliphatic heterocycles. The van der Waals surface area contributed by atoms with E-state index in [2.05, 4.69) is 39.9 Å². The topological polar surface area (TPSA) is 47.7 Å². The third-order valence-electron chi connectivity index (χ3n) is 3.71. The van der Waals surface area contributed by atoms with E-state index in [1.165, 1.54) is 5.56 Å². The summed E-state index contributed by atoms with van der Waals surface area (Å²) < 4.78 is 12.0. The van der Waals surface area contributed by atoms with Crippen LogP contribution in [0.25, 0.3) is 0 Å². The van der Waals surface area contributed by atoms with Gasteiger partial charge in [-0.25, -0.2) is 0 Å². The van der Waals surface area contributed by atoms with Crippen LogP contribution in [0.1, 0.15) is 24.9 Å². The van der Waals surface area contributed by atoms with Gasteiger partial charge in [-0.1, -0.05) is 6.07 Å². The molecular formula is C15H23BrN2O2. The highest BCUT2D eigenvalue weighted by molar-refractivity contribution is 9.10. The molecule has 4 nitrogen and oxygen atoms in total. The highest BCUT2D eigenvalue weighted by atomic mass is 79.9. The first-order valence-electron chi connectivity index (χ1n) is 7.05. The molecule has 0 aromatic heterocycles. The van der Waals surface area contributed by atoms with Crippen molar-refractivity contribution in [3.05, 3.63) is 28.2 Å². The number of benzene rings is 1. The van der Waals surface area contributed by atoms with Gasteiger partial charge in [0.05, 0.1) is 17.7 Å². The Balaban J connectivity index is 2.20. The van der Waals surface area contributed by atoms with E-state index in [0.717, 1.165) is 36.3 Å². The number of hydrogen-bond donors (Lipinski definition) is 1. The summed E-state index contributed by atoms with van der Waals surface area (Å²) in [7, 11) is 1.67. The number of rotatable bonds is 4. The SMILES string of the molecule is COc1ccc(C(CN)N2CCCOC(C)C2)cc1Br. The van der Waals surface area contributed by atoms with Gasteiger partial charge in [0.2, 0.25) is 0 Å². The standard InChI is InChI=1S/C15H23BrN2O2/c1-11-10-18(6-3-7-20-11)14(9-17)12-4-5-15(19-2)13(16)8-12/h4-5,8,11,14H,3,6-7,9-10,17H2,1-2H3. The third-order valence-corrected chi connectivity index (χ3v) is 4.33. The van der Waals surface area contributed by atoms with E-state index < -0.39 is 0 Å². The maximum Gasteiger partial charge on any atom is 0.133 e. The first kappa shape index (κ1) is 15.8. The molecule has 0 aliphatic carbocycles. The molecule has 2 unspecified atom stereocenters. The van der Waals surface area contributed by atoms with Crippen molar-refractivity contribution in [2.24, 2.45) is 5.73 Å². The van der Waals surface area contributed by atoms with Gasteiger partial charge >= 0.3 is 0 Å². The zero-order valence-electron chi connectivity index (χ0n) is 12.1. The lowest BCUT2D eigenvalue weighted by molar-refractivity contribution is 0.0611. The quantitative estimate of drug-likeness (QED) is 0.913. The van der Waals surface area contributed by atoms with Crippen molar-refractivity contribution >= 4 is 15.9 Å². The molecule has 0 saturated carbocycles. The summed E-state index contributed by atoms with van der Waals surface area (Å²) in [6.45, 7) is 5.50. The van der Waals surface area contributed by atoms with Crippen molar-refractivity contribution < 1.29 is 9.47 Å². The zero-order chi connectivity index (χ0) is 14.5. The number of ether oxygens (including phenoxy) is 2. The van der Waals surface area contributed by atoms with Crippen LogP contribution >= 0.6 is 15.9 Å². The van der Waals surface area contributed by atoms with Crippen LogP contribution in [-0.4, -0.2) is 44.4 Å². The molecular weight excluding hydrogens is 320 g/mol. The molecule has 20 heavy (non-hydrogen) atoms. The maximum atomic E-state index is 6.02. The molecule has 0 spiro atoms. The summed E-state index contributed by atoms with van der Waals surface area (Å²) >= 11 is 3.55. The first-order chi connectivity index (χ1) is 9.65. The van der Waals surface area contributed by atoms with Gasteiger partial charge in [-0.15, -0.1) is 0 Å². The average Bonchev–Trinajstić information content (AvgIpc) is 2.65. The zero-order valence-corrected chi connectivity index (χ0v) is 13.7. The summed E-state index contributed by atoms with van der Waals surface area (Å²) in [4.78, 5) is 2.42. The lowest BCUT2D eigenvalue weighted by Gasteiger charge is -2.31. The van der Waals surface area contributed by atoms with Crippen molar-refractivity contribution in [1.29, 1.82) is 0 Å². The molecule has 0 radical (unpaired) electrons. The fourth-order valence-electron chi connectivity index (χ4n) is 2.70. The van der Waals surface area contributed by atoms with E-state index in [-0.39, 0.29) is 12.1 Å². The number of hydrogen-bond acceptors (Lipinski definition) is 4. The van der Waals surface area contributed by atoms with E-state index >= 15 is 0 Å². The molecule has 1 aromatic rings. The van der Waals surface area contributed by atoms with Crippen LogP contribution in [0.15, 0.2) is 22.7 Å². The molecule has 1 aliphatic rings. The van der Waals surface area contributed by atoms with Gasteiger partial charge in [0.1, 0.15) is 5.75 Å². The van der Waals surface area contributed by atoms with Gasteiger partial charge in [0.25, 0.3) is 0 Å². The molecule has 2 atom stereocenters. The van der Waals surface area contributed by atoms with Gasteiger partial charge in [-0.3, -0.25) is 4.90 Å². The summed E-state index contributed by atoms with van der Waals surface area (Å²) in [5, 5.41) is 0. The molecule has 1 heterocycles. The Kier molecular flexibility index (Phi) is 5.84. The Morgan fingerprint density at radius 1 is 1.55 bits per heavy atom. The number of nitrogens with two attached hydrogens (primary N) is 1. The van der Waals surface area contributed by atoms with Gasteiger partial charge in [-0.2, -0.15) is 0 Å². The Hall–Kier alpha value is -0.620. The molecule has 2 N–H and O–H groups in total. The first-order valence-corrected chi connectivity index (χ1v) is 7.84. The van der Waals surface area contributed by atoms with Crippen molar-refractivity contribution in [3.63, 3.8) is 0 Å². The summed E-state index contributed by atoms with van der Waals surface area (Å²) in [6, 6.07) is 6.41. The van der Waals surface area contributed by atoms with Crippen LogP contribution < -0.4 is 10.5 Å². The van der Waals surface area contributed by atoms with E-state index in [1.54, 1.807) is 7.11 Å². The predicted molar refractivity (Wildman–Crippen MR) is 84.1 cm³/mol. The van der Waals surface area contributed by atoms with Crippen LogP contribution in [0.2, 0.25) is 0 Å².